The van der Waals surface area contributed by atoms with E-state index in [1.165, 1.54) is 6.20 Å². The zero-order valence-corrected chi connectivity index (χ0v) is 18.2. The Bertz CT molecular complexity index is 1110. The minimum absolute atomic E-state index is 0.00746. The Balaban J connectivity index is 1.34. The van der Waals surface area contributed by atoms with E-state index in [0.29, 0.717) is 42.5 Å². The van der Waals surface area contributed by atoms with Crippen molar-refractivity contribution in [2.75, 3.05) is 36.4 Å². The number of hydrogen-bond acceptors (Lipinski definition) is 4. The van der Waals surface area contributed by atoms with Gasteiger partial charge in [0.1, 0.15) is 0 Å². The van der Waals surface area contributed by atoms with Crippen LogP contribution in [-0.2, 0) is 4.79 Å². The lowest BCUT2D eigenvalue weighted by molar-refractivity contribution is -0.126. The van der Waals surface area contributed by atoms with Gasteiger partial charge in [0.05, 0.1) is 16.3 Å². The summed E-state index contributed by atoms with van der Waals surface area (Å²) in [6.45, 7) is 2.61. The Kier molecular flexibility index (Phi) is 6.82. The molecule has 4 rings (SSSR count). The molecular formula is C25H23ClN4O2. The van der Waals surface area contributed by atoms with Crippen molar-refractivity contribution >= 4 is 40.9 Å². The summed E-state index contributed by atoms with van der Waals surface area (Å²) in [7, 11) is 0. The molecule has 2 aromatic carbocycles. The highest BCUT2D eigenvalue weighted by Gasteiger charge is 2.21. The number of benzene rings is 2. The standard InChI is InChI=1S/C25H23ClN4O2/c26-22-17-21(28-25(32)20-7-4-12-27-18-20)9-10-23(22)29-13-15-30(16-14-29)24(31)11-8-19-5-2-1-3-6-19/h1-12,17-18H,13-16H2,(H,28,32). The first-order chi connectivity index (χ1) is 15.6. The van der Waals surface area contributed by atoms with Crippen LogP contribution in [-0.4, -0.2) is 47.9 Å². The molecular weight excluding hydrogens is 424 g/mol. The van der Waals surface area contributed by atoms with E-state index in [9.17, 15) is 9.59 Å². The second-order valence-corrected chi connectivity index (χ2v) is 7.83. The fourth-order valence-corrected chi connectivity index (χ4v) is 3.85. The third-order valence-electron chi connectivity index (χ3n) is 5.28. The molecule has 162 valence electrons. The number of pyridine rings is 1. The van der Waals surface area contributed by atoms with Gasteiger partial charge in [0.2, 0.25) is 5.91 Å². The van der Waals surface area contributed by atoms with Gasteiger partial charge in [-0.05, 0) is 42.0 Å². The van der Waals surface area contributed by atoms with Crippen LogP contribution in [0.25, 0.3) is 6.08 Å². The lowest BCUT2D eigenvalue weighted by Crippen LogP contribution is -2.48. The Hall–Kier alpha value is -3.64. The molecule has 0 bridgehead atoms. The zero-order valence-electron chi connectivity index (χ0n) is 17.4. The Morgan fingerprint density at radius 3 is 2.44 bits per heavy atom. The summed E-state index contributed by atoms with van der Waals surface area (Å²) < 4.78 is 0. The van der Waals surface area contributed by atoms with Crippen LogP contribution in [0.15, 0.2) is 79.1 Å². The molecule has 0 aliphatic carbocycles. The molecule has 0 saturated carbocycles. The molecule has 1 saturated heterocycles. The largest absolute Gasteiger partial charge is 0.367 e. The van der Waals surface area contributed by atoms with Crippen molar-refractivity contribution in [3.05, 3.63) is 95.3 Å². The molecule has 0 radical (unpaired) electrons. The lowest BCUT2D eigenvalue weighted by atomic mass is 10.2. The first-order valence-electron chi connectivity index (χ1n) is 10.4. The van der Waals surface area contributed by atoms with Gasteiger partial charge in [0.25, 0.3) is 5.91 Å². The molecule has 0 unspecified atom stereocenters. The highest BCUT2D eigenvalue weighted by atomic mass is 35.5. The molecule has 6 nitrogen and oxygen atoms in total. The van der Waals surface area contributed by atoms with Gasteiger partial charge in [-0.3, -0.25) is 14.6 Å². The minimum atomic E-state index is -0.238. The normalized spacial score (nSPS) is 13.9. The maximum absolute atomic E-state index is 12.5. The van der Waals surface area contributed by atoms with Crippen molar-refractivity contribution in [2.45, 2.75) is 0 Å². The molecule has 1 aromatic heterocycles. The second-order valence-electron chi connectivity index (χ2n) is 7.42. The number of piperazine rings is 1. The number of carbonyl (C=O) groups excluding carboxylic acids is 2. The Labute approximate surface area is 192 Å². The first-order valence-corrected chi connectivity index (χ1v) is 10.8. The van der Waals surface area contributed by atoms with Gasteiger partial charge in [0, 0.05) is 50.3 Å². The van der Waals surface area contributed by atoms with Crippen LogP contribution in [0.2, 0.25) is 5.02 Å². The fraction of sp³-hybridized carbons (Fsp3) is 0.160. The van der Waals surface area contributed by atoms with Crippen molar-refractivity contribution < 1.29 is 9.59 Å². The molecule has 1 N–H and O–H groups in total. The number of rotatable bonds is 5. The van der Waals surface area contributed by atoms with Crippen molar-refractivity contribution in [3.8, 4) is 0 Å². The number of hydrogen-bond donors (Lipinski definition) is 1. The molecule has 7 heteroatoms. The summed E-state index contributed by atoms with van der Waals surface area (Å²) in [6, 6.07) is 18.7. The topological polar surface area (TPSA) is 65.5 Å². The number of nitrogens with one attached hydrogen (secondary N) is 1. The smallest absolute Gasteiger partial charge is 0.257 e. The van der Waals surface area contributed by atoms with Crippen LogP contribution in [0.1, 0.15) is 15.9 Å². The number of aromatic nitrogens is 1. The number of halogens is 1. The van der Waals surface area contributed by atoms with E-state index >= 15 is 0 Å². The van der Waals surface area contributed by atoms with E-state index in [-0.39, 0.29) is 11.8 Å². The maximum atomic E-state index is 12.5. The fourth-order valence-electron chi connectivity index (χ4n) is 3.55. The molecule has 1 fully saturated rings. The second kappa shape index (κ2) is 10.1. The summed E-state index contributed by atoms with van der Waals surface area (Å²) in [5, 5.41) is 3.39. The highest BCUT2D eigenvalue weighted by Crippen LogP contribution is 2.30. The monoisotopic (exact) mass is 446 g/mol. The average Bonchev–Trinajstić information content (AvgIpc) is 2.84. The Morgan fingerprint density at radius 1 is 0.969 bits per heavy atom. The van der Waals surface area contributed by atoms with Gasteiger partial charge in [0.15, 0.2) is 0 Å². The summed E-state index contributed by atoms with van der Waals surface area (Å²) in [6.07, 6.45) is 6.60. The van der Waals surface area contributed by atoms with Gasteiger partial charge in [-0.1, -0.05) is 41.9 Å². The van der Waals surface area contributed by atoms with E-state index in [2.05, 4.69) is 15.2 Å². The minimum Gasteiger partial charge on any atom is -0.367 e. The molecule has 1 aliphatic heterocycles. The number of nitrogens with zero attached hydrogens (tertiary/aromatic N) is 3. The summed E-state index contributed by atoms with van der Waals surface area (Å²) in [4.78, 5) is 32.8. The van der Waals surface area contributed by atoms with Gasteiger partial charge < -0.3 is 15.1 Å². The molecule has 0 atom stereocenters. The summed E-state index contributed by atoms with van der Waals surface area (Å²) in [5.74, 6) is -0.231. The summed E-state index contributed by atoms with van der Waals surface area (Å²) >= 11 is 6.51. The van der Waals surface area contributed by atoms with Gasteiger partial charge >= 0.3 is 0 Å². The van der Waals surface area contributed by atoms with E-state index in [1.807, 2.05) is 53.4 Å². The van der Waals surface area contributed by atoms with Crippen LogP contribution < -0.4 is 10.2 Å². The van der Waals surface area contributed by atoms with Crippen LogP contribution in [0.3, 0.4) is 0 Å². The van der Waals surface area contributed by atoms with E-state index in [4.69, 9.17) is 11.6 Å². The molecule has 2 heterocycles. The van der Waals surface area contributed by atoms with Gasteiger partial charge in [-0.2, -0.15) is 0 Å². The van der Waals surface area contributed by atoms with Crippen molar-refractivity contribution in [2.24, 2.45) is 0 Å². The molecule has 32 heavy (non-hydrogen) atoms. The van der Waals surface area contributed by atoms with Crippen molar-refractivity contribution in [3.63, 3.8) is 0 Å². The van der Waals surface area contributed by atoms with Crippen LogP contribution in [0, 0.1) is 0 Å². The highest BCUT2D eigenvalue weighted by molar-refractivity contribution is 6.33. The Morgan fingerprint density at radius 2 is 1.75 bits per heavy atom. The van der Waals surface area contributed by atoms with Crippen LogP contribution >= 0.6 is 11.6 Å². The van der Waals surface area contributed by atoms with Gasteiger partial charge in [-0.15, -0.1) is 0 Å². The molecule has 3 aromatic rings. The van der Waals surface area contributed by atoms with Crippen molar-refractivity contribution in [1.82, 2.24) is 9.88 Å². The number of amides is 2. The maximum Gasteiger partial charge on any atom is 0.257 e. The lowest BCUT2D eigenvalue weighted by Gasteiger charge is -2.36. The average molecular weight is 447 g/mol. The van der Waals surface area contributed by atoms with E-state index < -0.39 is 0 Å². The summed E-state index contributed by atoms with van der Waals surface area (Å²) in [5.41, 5.74) is 2.99. The molecule has 0 spiro atoms. The zero-order chi connectivity index (χ0) is 22.3. The van der Waals surface area contributed by atoms with E-state index in [0.717, 1.165) is 11.3 Å². The quantitative estimate of drug-likeness (QED) is 0.592. The SMILES string of the molecule is O=C(Nc1ccc(N2CCN(C(=O)C=Cc3ccccc3)CC2)c(Cl)c1)c1cccnc1. The third kappa shape index (κ3) is 5.34. The molecule has 2 amide bonds. The van der Waals surface area contributed by atoms with E-state index in [1.54, 1.807) is 30.5 Å². The number of anilines is 2. The third-order valence-corrected chi connectivity index (χ3v) is 5.58. The predicted molar refractivity (Wildman–Crippen MR) is 128 cm³/mol. The first kappa shape index (κ1) is 21.6. The van der Waals surface area contributed by atoms with Gasteiger partial charge in [-0.25, -0.2) is 0 Å². The van der Waals surface area contributed by atoms with Crippen LogP contribution in [0.4, 0.5) is 11.4 Å². The molecule has 1 aliphatic rings. The van der Waals surface area contributed by atoms with Crippen molar-refractivity contribution in [1.29, 1.82) is 0 Å². The van der Waals surface area contributed by atoms with Crippen LogP contribution in [0.5, 0.6) is 0 Å². The predicted octanol–water partition coefficient (Wildman–Crippen LogP) is 4.35. The number of carbonyl (C=O) groups is 2.